The molecule has 0 aliphatic carbocycles. The van der Waals surface area contributed by atoms with Gasteiger partial charge in [0.05, 0.1) is 5.75 Å². The number of nitrogen functional groups attached to an aromatic ring is 1. The molecule has 8 nitrogen and oxygen atoms in total. The fraction of sp³-hybridized carbons (Fsp3) is 0.143. The molecule has 2 aromatic rings. The highest BCUT2D eigenvalue weighted by Gasteiger charge is 2.07. The van der Waals surface area contributed by atoms with Crippen molar-refractivity contribution in [2.75, 3.05) is 16.8 Å². The Bertz CT molecular complexity index is 773. The minimum absolute atomic E-state index is 0.0537. The van der Waals surface area contributed by atoms with Gasteiger partial charge in [-0.25, -0.2) is 4.98 Å². The van der Waals surface area contributed by atoms with Gasteiger partial charge in [-0.05, 0) is 24.3 Å². The summed E-state index contributed by atoms with van der Waals surface area (Å²) in [5.41, 5.74) is 5.64. The van der Waals surface area contributed by atoms with Crippen LogP contribution in [0.5, 0.6) is 5.75 Å². The Labute approximate surface area is 135 Å². The van der Waals surface area contributed by atoms with Gasteiger partial charge in [0.15, 0.2) is 5.16 Å². The maximum Gasteiger partial charge on any atom is 0.308 e. The predicted octanol–water partition coefficient (Wildman–Crippen LogP) is 1.01. The van der Waals surface area contributed by atoms with Crippen LogP contribution in [0.1, 0.15) is 6.92 Å². The van der Waals surface area contributed by atoms with Gasteiger partial charge in [0.2, 0.25) is 5.91 Å². The average Bonchev–Trinajstić information content (AvgIpc) is 2.46. The molecule has 1 aromatic carbocycles. The van der Waals surface area contributed by atoms with E-state index in [1.54, 1.807) is 24.3 Å². The SMILES string of the molecule is CC(=O)Oc1ccc(NC(=O)CSc2nc(N)cc(=O)[nH]2)cc1. The molecule has 2 rings (SSSR count). The van der Waals surface area contributed by atoms with Crippen molar-refractivity contribution in [1.82, 2.24) is 9.97 Å². The van der Waals surface area contributed by atoms with E-state index in [1.807, 2.05) is 0 Å². The van der Waals surface area contributed by atoms with Crippen molar-refractivity contribution in [3.05, 3.63) is 40.7 Å². The van der Waals surface area contributed by atoms with Crippen LogP contribution in [0, 0.1) is 0 Å². The van der Waals surface area contributed by atoms with E-state index >= 15 is 0 Å². The summed E-state index contributed by atoms with van der Waals surface area (Å²) in [7, 11) is 0. The molecule has 0 saturated carbocycles. The first-order chi connectivity index (χ1) is 10.9. The number of nitrogens with two attached hydrogens (primary N) is 1. The maximum atomic E-state index is 11.8. The quantitative estimate of drug-likeness (QED) is 0.322. The van der Waals surface area contributed by atoms with Gasteiger partial charge in [0, 0.05) is 18.7 Å². The fourth-order valence-corrected chi connectivity index (χ4v) is 2.31. The Kier molecular flexibility index (Phi) is 5.36. The zero-order valence-electron chi connectivity index (χ0n) is 12.2. The number of hydrogen-bond donors (Lipinski definition) is 3. The molecule has 4 N–H and O–H groups in total. The van der Waals surface area contributed by atoms with Crippen LogP contribution < -0.4 is 21.3 Å². The summed E-state index contributed by atoms with van der Waals surface area (Å²) in [6, 6.07) is 7.53. The molecule has 1 amide bonds. The Balaban J connectivity index is 1.89. The second-order valence-electron chi connectivity index (χ2n) is 4.43. The zero-order chi connectivity index (χ0) is 16.8. The van der Waals surface area contributed by atoms with Crippen molar-refractivity contribution >= 4 is 35.1 Å². The molecule has 23 heavy (non-hydrogen) atoms. The summed E-state index contributed by atoms with van der Waals surface area (Å²) >= 11 is 1.06. The van der Waals surface area contributed by atoms with Crippen LogP contribution in [0.2, 0.25) is 0 Å². The number of ether oxygens (including phenoxy) is 1. The van der Waals surface area contributed by atoms with Crippen LogP contribution in [-0.2, 0) is 9.59 Å². The lowest BCUT2D eigenvalue weighted by atomic mass is 10.3. The summed E-state index contributed by atoms with van der Waals surface area (Å²) in [6.07, 6.45) is 0. The van der Waals surface area contributed by atoms with Gasteiger partial charge in [-0.3, -0.25) is 14.4 Å². The van der Waals surface area contributed by atoms with Gasteiger partial charge >= 0.3 is 5.97 Å². The summed E-state index contributed by atoms with van der Waals surface area (Å²) in [6.45, 7) is 1.31. The topological polar surface area (TPSA) is 127 Å². The molecule has 0 bridgehead atoms. The Morgan fingerprint density at radius 1 is 1.35 bits per heavy atom. The van der Waals surface area contributed by atoms with Gasteiger partial charge in [0.1, 0.15) is 11.6 Å². The zero-order valence-corrected chi connectivity index (χ0v) is 13.0. The van der Waals surface area contributed by atoms with Gasteiger partial charge in [-0.15, -0.1) is 0 Å². The number of hydrogen-bond acceptors (Lipinski definition) is 7. The average molecular weight is 334 g/mol. The fourth-order valence-electron chi connectivity index (χ4n) is 1.62. The van der Waals surface area contributed by atoms with Gasteiger partial charge < -0.3 is 20.8 Å². The number of amides is 1. The number of aromatic amines is 1. The van der Waals surface area contributed by atoms with E-state index in [9.17, 15) is 14.4 Å². The number of anilines is 2. The Morgan fingerprint density at radius 2 is 2.04 bits per heavy atom. The first kappa shape index (κ1) is 16.6. The number of esters is 1. The van der Waals surface area contributed by atoms with Crippen LogP contribution in [0.25, 0.3) is 0 Å². The number of carbonyl (C=O) groups excluding carboxylic acids is 2. The Morgan fingerprint density at radius 3 is 2.65 bits per heavy atom. The summed E-state index contributed by atoms with van der Waals surface area (Å²) in [5, 5.41) is 2.94. The van der Waals surface area contributed by atoms with E-state index in [-0.39, 0.29) is 28.2 Å². The van der Waals surface area contributed by atoms with Crippen LogP contribution in [0.3, 0.4) is 0 Å². The standard InChI is InChI=1S/C14H14N4O4S/c1-8(19)22-10-4-2-9(3-5-10)16-13(21)7-23-14-17-11(15)6-12(20)18-14/h2-6H,7H2,1H3,(H,16,21)(H3,15,17,18,20). The monoisotopic (exact) mass is 334 g/mol. The first-order valence-electron chi connectivity index (χ1n) is 6.50. The largest absolute Gasteiger partial charge is 0.427 e. The Hall–Kier alpha value is -2.81. The number of H-pyrrole nitrogens is 1. The van der Waals surface area contributed by atoms with Crippen molar-refractivity contribution < 1.29 is 14.3 Å². The summed E-state index contributed by atoms with van der Waals surface area (Å²) < 4.78 is 4.89. The number of nitrogens with one attached hydrogen (secondary N) is 2. The lowest BCUT2D eigenvalue weighted by Crippen LogP contribution is -2.15. The molecule has 0 radical (unpaired) electrons. The van der Waals surface area contributed by atoms with Gasteiger partial charge in [-0.2, -0.15) is 0 Å². The van der Waals surface area contributed by atoms with E-state index in [1.165, 1.54) is 6.92 Å². The van der Waals surface area contributed by atoms with Crippen LogP contribution >= 0.6 is 11.8 Å². The molecular formula is C14H14N4O4S. The molecule has 0 spiro atoms. The summed E-state index contributed by atoms with van der Waals surface area (Å²) in [5.74, 6) is -0.149. The third-order valence-corrected chi connectivity index (χ3v) is 3.35. The number of benzene rings is 1. The highest BCUT2D eigenvalue weighted by Crippen LogP contribution is 2.17. The van der Waals surface area contributed by atoms with Crippen molar-refractivity contribution in [2.24, 2.45) is 0 Å². The molecule has 0 aliphatic rings. The van der Waals surface area contributed by atoms with Crippen molar-refractivity contribution in [2.45, 2.75) is 12.1 Å². The number of rotatable bonds is 5. The molecule has 0 fully saturated rings. The van der Waals surface area contributed by atoms with E-state index < -0.39 is 5.97 Å². The van der Waals surface area contributed by atoms with Gasteiger partial charge in [0.25, 0.3) is 5.56 Å². The number of aromatic nitrogens is 2. The summed E-state index contributed by atoms with van der Waals surface area (Å²) in [4.78, 5) is 40.3. The molecule has 0 saturated heterocycles. The van der Waals surface area contributed by atoms with Crippen LogP contribution in [0.15, 0.2) is 40.3 Å². The van der Waals surface area contributed by atoms with Crippen LogP contribution in [-0.4, -0.2) is 27.6 Å². The second-order valence-corrected chi connectivity index (χ2v) is 5.39. The normalized spacial score (nSPS) is 10.1. The molecular weight excluding hydrogens is 320 g/mol. The van der Waals surface area contributed by atoms with E-state index in [0.29, 0.717) is 11.4 Å². The van der Waals surface area contributed by atoms with E-state index in [0.717, 1.165) is 17.8 Å². The smallest absolute Gasteiger partial charge is 0.308 e. The highest BCUT2D eigenvalue weighted by molar-refractivity contribution is 7.99. The third-order valence-electron chi connectivity index (χ3n) is 2.48. The lowest BCUT2D eigenvalue weighted by molar-refractivity contribution is -0.131. The molecule has 1 heterocycles. The maximum absolute atomic E-state index is 11.8. The lowest BCUT2D eigenvalue weighted by Gasteiger charge is -2.06. The molecule has 0 unspecified atom stereocenters. The van der Waals surface area contributed by atoms with Crippen molar-refractivity contribution in [1.29, 1.82) is 0 Å². The molecule has 9 heteroatoms. The predicted molar refractivity (Wildman–Crippen MR) is 86.4 cm³/mol. The molecule has 0 atom stereocenters. The van der Waals surface area contributed by atoms with E-state index in [4.69, 9.17) is 10.5 Å². The minimum atomic E-state index is -0.415. The number of nitrogens with zero attached hydrogens (tertiary/aromatic N) is 1. The van der Waals surface area contributed by atoms with Crippen molar-refractivity contribution in [3.63, 3.8) is 0 Å². The van der Waals surface area contributed by atoms with E-state index in [2.05, 4.69) is 15.3 Å². The third kappa shape index (κ3) is 5.47. The van der Waals surface area contributed by atoms with Gasteiger partial charge in [-0.1, -0.05) is 11.8 Å². The first-order valence-corrected chi connectivity index (χ1v) is 7.49. The molecule has 1 aromatic heterocycles. The molecule has 120 valence electrons. The highest BCUT2D eigenvalue weighted by atomic mass is 32.2. The van der Waals surface area contributed by atoms with Crippen molar-refractivity contribution in [3.8, 4) is 5.75 Å². The van der Waals surface area contributed by atoms with Crippen LogP contribution in [0.4, 0.5) is 11.5 Å². The number of carbonyl (C=O) groups is 2. The second kappa shape index (κ2) is 7.45. The number of thioether (sulfide) groups is 1. The molecule has 0 aliphatic heterocycles. The minimum Gasteiger partial charge on any atom is -0.427 e.